The van der Waals surface area contributed by atoms with Crippen LogP contribution in [0.2, 0.25) is 0 Å². The molecule has 1 aromatic carbocycles. The van der Waals surface area contributed by atoms with Crippen LogP contribution in [0.4, 0.5) is 5.69 Å². The zero-order valence-electron chi connectivity index (χ0n) is 8.57. The van der Waals surface area contributed by atoms with Crippen LogP contribution in [0.3, 0.4) is 0 Å². The molecule has 2 rings (SSSR count). The first kappa shape index (κ1) is 12.0. The Labute approximate surface area is 96.9 Å². The monoisotopic (exact) mass is 259 g/mol. The van der Waals surface area contributed by atoms with E-state index >= 15 is 0 Å². The fourth-order valence-electron chi connectivity index (χ4n) is 1.52. The lowest BCUT2D eigenvalue weighted by Gasteiger charge is -2.05. The van der Waals surface area contributed by atoms with Gasteiger partial charge in [0.25, 0.3) is 15.8 Å². The molecule has 1 atom stereocenters. The van der Waals surface area contributed by atoms with E-state index in [-0.39, 0.29) is 28.7 Å². The van der Waals surface area contributed by atoms with Crippen LogP contribution in [0.5, 0.6) is 0 Å². The van der Waals surface area contributed by atoms with Crippen molar-refractivity contribution in [2.24, 2.45) is 0 Å². The van der Waals surface area contributed by atoms with Crippen LogP contribution in [-0.4, -0.2) is 30.6 Å². The van der Waals surface area contributed by atoms with Crippen LogP contribution >= 0.6 is 0 Å². The summed E-state index contributed by atoms with van der Waals surface area (Å²) < 4.78 is 36.1. The van der Waals surface area contributed by atoms with E-state index in [1.165, 1.54) is 0 Å². The molecule has 0 aromatic heterocycles. The molecule has 17 heavy (non-hydrogen) atoms. The van der Waals surface area contributed by atoms with Crippen molar-refractivity contribution < 1.29 is 22.6 Å². The summed E-state index contributed by atoms with van der Waals surface area (Å²) in [4.78, 5) is 9.65. The first-order valence-electron chi connectivity index (χ1n) is 4.74. The third kappa shape index (κ3) is 2.78. The Hall–Kier alpha value is -1.51. The summed E-state index contributed by atoms with van der Waals surface area (Å²) >= 11 is 0. The highest BCUT2D eigenvalue weighted by Crippen LogP contribution is 2.26. The Morgan fingerprint density at radius 3 is 2.65 bits per heavy atom. The largest absolute Gasteiger partial charge is 0.373 e. The lowest BCUT2D eigenvalue weighted by molar-refractivity contribution is -0.385. The van der Waals surface area contributed by atoms with E-state index in [4.69, 9.17) is 9.29 Å². The van der Waals surface area contributed by atoms with Crippen LogP contribution in [0, 0.1) is 10.1 Å². The maximum atomic E-state index is 11.1. The number of non-ortho nitro benzene ring substituents is 1. The number of hydrogen-bond donors (Lipinski definition) is 1. The van der Waals surface area contributed by atoms with Gasteiger partial charge in [-0.3, -0.25) is 14.7 Å². The second kappa shape index (κ2) is 4.06. The maximum Gasteiger partial charge on any atom is 0.294 e. The summed E-state index contributed by atoms with van der Waals surface area (Å²) in [5, 5.41) is 10.6. The van der Waals surface area contributed by atoms with Crippen molar-refractivity contribution >= 4 is 15.8 Å². The minimum atomic E-state index is -4.37. The number of benzene rings is 1. The van der Waals surface area contributed by atoms with E-state index < -0.39 is 15.0 Å². The summed E-state index contributed by atoms with van der Waals surface area (Å²) in [5.41, 5.74) is -0.0164. The quantitative estimate of drug-likeness (QED) is 0.370. The molecule has 0 aliphatic carbocycles. The zero-order chi connectivity index (χ0) is 12.6. The van der Waals surface area contributed by atoms with Crippen LogP contribution in [0.25, 0.3) is 0 Å². The minimum absolute atomic E-state index is 0.127. The highest BCUT2D eigenvalue weighted by atomic mass is 32.2. The maximum absolute atomic E-state index is 11.1. The fraction of sp³-hybridized carbons (Fsp3) is 0.333. The highest BCUT2D eigenvalue weighted by Gasteiger charge is 2.27. The van der Waals surface area contributed by atoms with Gasteiger partial charge in [0, 0.05) is 18.6 Å². The number of nitro groups is 1. The van der Waals surface area contributed by atoms with Crippen molar-refractivity contribution in [2.75, 3.05) is 6.61 Å². The molecule has 0 amide bonds. The van der Waals surface area contributed by atoms with E-state index in [1.807, 2.05) is 0 Å². The Morgan fingerprint density at radius 2 is 2.18 bits per heavy atom. The van der Waals surface area contributed by atoms with Crippen LogP contribution in [-0.2, 0) is 21.3 Å². The van der Waals surface area contributed by atoms with Crippen LogP contribution < -0.4 is 0 Å². The molecule has 1 saturated heterocycles. The van der Waals surface area contributed by atoms with Gasteiger partial charge in [-0.2, -0.15) is 8.42 Å². The van der Waals surface area contributed by atoms with Gasteiger partial charge in [0.05, 0.1) is 22.5 Å². The molecule has 0 spiro atoms. The standard InChI is InChI=1S/C9H9NO6S/c11-10(12)7-1-2-9(17(13,14)15)6(3-7)4-8-5-16-8/h1-3,8H,4-5H2,(H,13,14,15)/t8-/m1/s1. The average molecular weight is 259 g/mol. The fourth-order valence-corrected chi connectivity index (χ4v) is 2.24. The number of rotatable bonds is 4. The van der Waals surface area contributed by atoms with Gasteiger partial charge in [-0.15, -0.1) is 0 Å². The summed E-state index contributed by atoms with van der Waals surface area (Å²) in [7, 11) is -4.37. The normalized spacial score (nSPS) is 19.0. The predicted octanol–water partition coefficient (Wildman–Crippen LogP) is 0.783. The van der Waals surface area contributed by atoms with Crippen molar-refractivity contribution in [1.82, 2.24) is 0 Å². The third-order valence-electron chi connectivity index (χ3n) is 2.38. The molecule has 0 saturated carbocycles. The molecular weight excluding hydrogens is 250 g/mol. The van der Waals surface area contributed by atoms with Gasteiger partial charge < -0.3 is 4.74 Å². The number of ether oxygens (including phenoxy) is 1. The SMILES string of the molecule is O=[N+]([O-])c1ccc(S(=O)(=O)O)c(C[C@@H]2CO2)c1. The van der Waals surface area contributed by atoms with Gasteiger partial charge in [-0.25, -0.2) is 0 Å². The molecule has 92 valence electrons. The molecule has 8 heteroatoms. The van der Waals surface area contributed by atoms with Crippen LogP contribution in [0.15, 0.2) is 23.1 Å². The molecule has 1 heterocycles. The summed E-state index contributed by atoms with van der Waals surface area (Å²) in [6.07, 6.45) is 0.106. The topological polar surface area (TPSA) is 110 Å². The van der Waals surface area contributed by atoms with Gasteiger partial charge >= 0.3 is 0 Å². The first-order valence-corrected chi connectivity index (χ1v) is 6.18. The molecular formula is C9H9NO6S. The van der Waals surface area contributed by atoms with E-state index in [2.05, 4.69) is 0 Å². The smallest absolute Gasteiger partial charge is 0.294 e. The van der Waals surface area contributed by atoms with E-state index in [0.717, 1.165) is 18.2 Å². The van der Waals surface area contributed by atoms with Gasteiger partial charge in [0.2, 0.25) is 0 Å². The number of hydrogen-bond acceptors (Lipinski definition) is 5. The molecule has 1 fully saturated rings. The lowest BCUT2D eigenvalue weighted by Crippen LogP contribution is -2.06. The van der Waals surface area contributed by atoms with Crippen molar-refractivity contribution in [3.05, 3.63) is 33.9 Å². The Kier molecular flexibility index (Phi) is 2.86. The van der Waals surface area contributed by atoms with Gasteiger partial charge in [0.1, 0.15) is 0 Å². The minimum Gasteiger partial charge on any atom is -0.373 e. The van der Waals surface area contributed by atoms with Crippen molar-refractivity contribution in [3.8, 4) is 0 Å². The number of epoxide rings is 1. The number of nitro benzene ring substituents is 1. The second-order valence-electron chi connectivity index (χ2n) is 3.68. The van der Waals surface area contributed by atoms with Gasteiger partial charge in [-0.05, 0) is 11.6 Å². The van der Waals surface area contributed by atoms with Crippen molar-refractivity contribution in [3.63, 3.8) is 0 Å². The average Bonchev–Trinajstić information content (AvgIpc) is 2.99. The molecule has 1 aliphatic heterocycles. The molecule has 0 radical (unpaired) electrons. The van der Waals surface area contributed by atoms with Gasteiger partial charge in [-0.1, -0.05) is 0 Å². The molecule has 7 nitrogen and oxygen atoms in total. The Balaban J connectivity index is 2.47. The van der Waals surface area contributed by atoms with Crippen LogP contribution in [0.1, 0.15) is 5.56 Å². The molecule has 1 aliphatic rings. The van der Waals surface area contributed by atoms with E-state index in [0.29, 0.717) is 6.61 Å². The van der Waals surface area contributed by atoms with Crippen molar-refractivity contribution in [1.29, 1.82) is 0 Å². The van der Waals surface area contributed by atoms with E-state index in [1.54, 1.807) is 0 Å². The van der Waals surface area contributed by atoms with Gasteiger partial charge in [0.15, 0.2) is 0 Å². The molecule has 1 aromatic rings. The molecule has 0 unspecified atom stereocenters. The summed E-state index contributed by atoms with van der Waals surface area (Å²) in [6.45, 7) is 0.494. The molecule has 1 N–H and O–H groups in total. The predicted molar refractivity (Wildman–Crippen MR) is 56.4 cm³/mol. The Bertz CT molecular complexity index is 563. The highest BCUT2D eigenvalue weighted by molar-refractivity contribution is 7.85. The summed E-state index contributed by atoms with van der Waals surface area (Å²) in [6, 6.07) is 3.22. The third-order valence-corrected chi connectivity index (χ3v) is 3.34. The number of nitrogens with zero attached hydrogens (tertiary/aromatic N) is 1. The molecule has 0 bridgehead atoms. The zero-order valence-corrected chi connectivity index (χ0v) is 9.38. The van der Waals surface area contributed by atoms with Crippen molar-refractivity contribution in [2.45, 2.75) is 17.4 Å². The lowest BCUT2D eigenvalue weighted by atomic mass is 10.1. The second-order valence-corrected chi connectivity index (χ2v) is 5.07. The first-order chi connectivity index (χ1) is 7.88. The summed E-state index contributed by atoms with van der Waals surface area (Å²) in [5.74, 6) is 0. The Morgan fingerprint density at radius 1 is 1.53 bits per heavy atom. The van der Waals surface area contributed by atoms with E-state index in [9.17, 15) is 18.5 Å².